The van der Waals surface area contributed by atoms with Crippen molar-refractivity contribution in [3.63, 3.8) is 0 Å². The lowest BCUT2D eigenvalue weighted by atomic mass is 9.74. The Hall–Kier alpha value is -2.12. The number of fused-ring (bicyclic) bond motifs is 1. The van der Waals surface area contributed by atoms with Crippen molar-refractivity contribution < 1.29 is 23.8 Å². The molecule has 0 aromatic heterocycles. The summed E-state index contributed by atoms with van der Waals surface area (Å²) in [5.74, 6) is 0.258. The van der Waals surface area contributed by atoms with Gasteiger partial charge in [0.15, 0.2) is 0 Å². The van der Waals surface area contributed by atoms with Crippen molar-refractivity contribution in [2.45, 2.75) is 39.4 Å². The molecule has 1 aromatic carbocycles. The lowest BCUT2D eigenvalue weighted by molar-refractivity contribution is -0.0369. The second-order valence-corrected chi connectivity index (χ2v) is 8.62. The first-order chi connectivity index (χ1) is 13.3. The molecule has 2 atom stereocenters. The van der Waals surface area contributed by atoms with E-state index in [0.717, 1.165) is 30.0 Å². The molecule has 2 amide bonds. The molecule has 2 heterocycles. The molecule has 7 heteroatoms. The Morgan fingerprint density at radius 1 is 1.25 bits per heavy atom. The molecule has 0 spiro atoms. The molecular formula is C21H30N2O5. The average Bonchev–Trinajstić information content (AvgIpc) is 3.07. The second-order valence-electron chi connectivity index (χ2n) is 8.62. The van der Waals surface area contributed by atoms with Gasteiger partial charge in [-0.3, -0.25) is 0 Å². The summed E-state index contributed by atoms with van der Waals surface area (Å²) in [5, 5.41) is 3.38. The van der Waals surface area contributed by atoms with Crippen LogP contribution in [0.4, 0.5) is 9.59 Å². The zero-order valence-electron chi connectivity index (χ0n) is 16.9. The van der Waals surface area contributed by atoms with Crippen molar-refractivity contribution in [2.24, 2.45) is 11.3 Å². The zero-order valence-corrected chi connectivity index (χ0v) is 16.9. The van der Waals surface area contributed by atoms with Crippen molar-refractivity contribution >= 4 is 12.2 Å². The standard InChI is InChI=1S/C21H30N2O5/c1-20(2,3)28-19(25)23(18(24)27-12-16-7-5-4-6-8-16)15-21-9-10-26-13-17(21)11-22-14-21/h4-8,17,22H,9-15H2,1-3H3. The van der Waals surface area contributed by atoms with Gasteiger partial charge in [-0.1, -0.05) is 30.3 Å². The Balaban J connectivity index is 1.74. The topological polar surface area (TPSA) is 77.1 Å². The van der Waals surface area contributed by atoms with E-state index in [1.807, 2.05) is 30.3 Å². The number of hydrogen-bond acceptors (Lipinski definition) is 6. The zero-order chi connectivity index (χ0) is 20.2. The number of benzene rings is 1. The molecule has 3 rings (SSSR count). The predicted octanol–water partition coefficient (Wildman–Crippen LogP) is 3.19. The Labute approximate surface area is 166 Å². The SMILES string of the molecule is CC(C)(C)OC(=O)N(CC12CCOCC1CNC2)C(=O)OCc1ccccc1. The summed E-state index contributed by atoms with van der Waals surface area (Å²) in [5.41, 5.74) is -0.0407. The van der Waals surface area contributed by atoms with Crippen molar-refractivity contribution in [1.29, 1.82) is 0 Å². The highest BCUT2D eigenvalue weighted by atomic mass is 16.6. The summed E-state index contributed by atoms with van der Waals surface area (Å²) in [6.07, 6.45) is -0.558. The third-order valence-corrected chi connectivity index (χ3v) is 5.31. The van der Waals surface area contributed by atoms with E-state index >= 15 is 0 Å². The van der Waals surface area contributed by atoms with Crippen molar-refractivity contribution in [3.05, 3.63) is 35.9 Å². The third kappa shape index (κ3) is 5.02. The summed E-state index contributed by atoms with van der Waals surface area (Å²) in [6.45, 7) is 8.54. The first-order valence-electron chi connectivity index (χ1n) is 9.79. The average molecular weight is 390 g/mol. The van der Waals surface area contributed by atoms with E-state index in [9.17, 15) is 9.59 Å². The minimum Gasteiger partial charge on any atom is -0.444 e. The summed E-state index contributed by atoms with van der Waals surface area (Å²) in [6, 6.07) is 9.41. The molecule has 1 aromatic rings. The van der Waals surface area contributed by atoms with E-state index in [1.54, 1.807) is 20.8 Å². The van der Waals surface area contributed by atoms with Gasteiger partial charge in [-0.25, -0.2) is 14.5 Å². The molecule has 7 nitrogen and oxygen atoms in total. The van der Waals surface area contributed by atoms with Gasteiger partial charge in [-0.15, -0.1) is 0 Å². The summed E-state index contributed by atoms with van der Waals surface area (Å²) >= 11 is 0. The van der Waals surface area contributed by atoms with E-state index in [0.29, 0.717) is 13.2 Å². The lowest BCUT2D eigenvalue weighted by Gasteiger charge is -2.41. The van der Waals surface area contributed by atoms with E-state index in [2.05, 4.69) is 5.32 Å². The number of carbonyl (C=O) groups is 2. The van der Waals surface area contributed by atoms with Crippen LogP contribution in [0.5, 0.6) is 0 Å². The molecule has 0 saturated carbocycles. The van der Waals surface area contributed by atoms with Crippen LogP contribution >= 0.6 is 0 Å². The highest BCUT2D eigenvalue weighted by Gasteiger charge is 2.48. The van der Waals surface area contributed by atoms with Crippen molar-refractivity contribution in [3.8, 4) is 0 Å². The van der Waals surface area contributed by atoms with Gasteiger partial charge in [0.25, 0.3) is 0 Å². The molecule has 28 heavy (non-hydrogen) atoms. The predicted molar refractivity (Wildman–Crippen MR) is 104 cm³/mol. The number of ether oxygens (including phenoxy) is 3. The number of amides is 2. The van der Waals surface area contributed by atoms with Gasteiger partial charge in [0.05, 0.1) is 6.61 Å². The first kappa shape index (κ1) is 20.6. The van der Waals surface area contributed by atoms with E-state index in [1.165, 1.54) is 0 Å². The lowest BCUT2D eigenvalue weighted by Crippen LogP contribution is -2.52. The van der Waals surface area contributed by atoms with E-state index in [4.69, 9.17) is 14.2 Å². The normalized spacial score (nSPS) is 24.3. The number of nitrogens with zero attached hydrogens (tertiary/aromatic N) is 1. The number of rotatable bonds is 4. The van der Waals surface area contributed by atoms with Gasteiger partial charge < -0.3 is 19.5 Å². The quantitative estimate of drug-likeness (QED) is 0.851. The van der Waals surface area contributed by atoms with Gasteiger partial charge in [-0.05, 0) is 32.8 Å². The maximum atomic E-state index is 12.9. The van der Waals surface area contributed by atoms with Gasteiger partial charge in [0, 0.05) is 37.6 Å². The molecule has 2 saturated heterocycles. The smallest absolute Gasteiger partial charge is 0.419 e. The number of carbonyl (C=O) groups excluding carboxylic acids is 2. The maximum Gasteiger partial charge on any atom is 0.419 e. The molecule has 2 unspecified atom stereocenters. The maximum absolute atomic E-state index is 12.9. The van der Waals surface area contributed by atoms with Gasteiger partial charge in [-0.2, -0.15) is 0 Å². The Kier molecular flexibility index (Phi) is 6.25. The van der Waals surface area contributed by atoms with Crippen LogP contribution in [0, 0.1) is 11.3 Å². The highest BCUT2D eigenvalue weighted by molar-refractivity contribution is 5.88. The van der Waals surface area contributed by atoms with Crippen LogP contribution < -0.4 is 5.32 Å². The monoisotopic (exact) mass is 390 g/mol. The van der Waals surface area contributed by atoms with E-state index < -0.39 is 17.8 Å². The number of hydrogen-bond donors (Lipinski definition) is 1. The van der Waals surface area contributed by atoms with Gasteiger partial charge in [0.2, 0.25) is 0 Å². The fourth-order valence-electron chi connectivity index (χ4n) is 3.78. The molecule has 2 fully saturated rings. The van der Waals surface area contributed by atoms with Gasteiger partial charge in [0.1, 0.15) is 12.2 Å². The number of imide groups is 1. The van der Waals surface area contributed by atoms with Crippen LogP contribution in [0.3, 0.4) is 0 Å². The minimum atomic E-state index is -0.699. The first-order valence-corrected chi connectivity index (χ1v) is 9.79. The van der Waals surface area contributed by atoms with Crippen molar-refractivity contribution in [1.82, 2.24) is 10.2 Å². The fourth-order valence-corrected chi connectivity index (χ4v) is 3.78. The molecule has 2 aliphatic heterocycles. The second kappa shape index (κ2) is 8.49. The molecule has 0 bridgehead atoms. The molecule has 2 aliphatic rings. The Morgan fingerprint density at radius 2 is 2.00 bits per heavy atom. The number of nitrogens with one attached hydrogen (secondary N) is 1. The summed E-state index contributed by atoms with van der Waals surface area (Å²) in [7, 11) is 0. The van der Waals surface area contributed by atoms with Crippen LogP contribution in [-0.2, 0) is 20.8 Å². The molecular weight excluding hydrogens is 360 g/mol. The molecule has 0 aliphatic carbocycles. The molecule has 154 valence electrons. The third-order valence-electron chi connectivity index (χ3n) is 5.31. The fraction of sp³-hybridized carbons (Fsp3) is 0.619. The van der Waals surface area contributed by atoms with Crippen LogP contribution in [0.1, 0.15) is 32.8 Å². The van der Waals surface area contributed by atoms with Crippen LogP contribution in [0.2, 0.25) is 0 Å². The molecule has 1 N–H and O–H groups in total. The Bertz CT molecular complexity index is 688. The summed E-state index contributed by atoms with van der Waals surface area (Å²) < 4.78 is 16.5. The minimum absolute atomic E-state index is 0.108. The largest absolute Gasteiger partial charge is 0.444 e. The van der Waals surface area contributed by atoms with Crippen LogP contribution in [0.15, 0.2) is 30.3 Å². The van der Waals surface area contributed by atoms with E-state index in [-0.39, 0.29) is 24.5 Å². The summed E-state index contributed by atoms with van der Waals surface area (Å²) in [4.78, 5) is 26.8. The Morgan fingerprint density at radius 3 is 2.71 bits per heavy atom. The van der Waals surface area contributed by atoms with Gasteiger partial charge >= 0.3 is 12.2 Å². The van der Waals surface area contributed by atoms with Crippen LogP contribution in [0.25, 0.3) is 0 Å². The van der Waals surface area contributed by atoms with Crippen molar-refractivity contribution in [2.75, 3.05) is 32.8 Å². The van der Waals surface area contributed by atoms with Crippen LogP contribution in [-0.4, -0.2) is 55.5 Å². The highest BCUT2D eigenvalue weighted by Crippen LogP contribution is 2.39. The molecule has 0 radical (unpaired) electrons.